The lowest BCUT2D eigenvalue weighted by atomic mass is 9.94. The minimum Gasteiger partial charge on any atom is -0.480 e. The van der Waals surface area contributed by atoms with Crippen LogP contribution in [0, 0.1) is 0 Å². The van der Waals surface area contributed by atoms with Crippen molar-refractivity contribution < 1.29 is 14.7 Å². The summed E-state index contributed by atoms with van der Waals surface area (Å²) in [6.07, 6.45) is 2.00. The minimum absolute atomic E-state index is 0.0498. The highest BCUT2D eigenvalue weighted by Crippen LogP contribution is 2.24. The molecule has 2 aromatic carbocycles. The quantitative estimate of drug-likeness (QED) is 0.767. The summed E-state index contributed by atoms with van der Waals surface area (Å²) >= 11 is 0. The van der Waals surface area contributed by atoms with Crippen LogP contribution in [0.1, 0.15) is 11.1 Å². The van der Waals surface area contributed by atoms with E-state index >= 15 is 0 Å². The smallest absolute Gasteiger partial charge is 0.326 e. The third-order valence-electron chi connectivity index (χ3n) is 4.76. The maximum absolute atomic E-state index is 12.8. The molecule has 7 nitrogen and oxygen atoms in total. The summed E-state index contributed by atoms with van der Waals surface area (Å²) < 4.78 is 1.45. The zero-order valence-corrected chi connectivity index (χ0v) is 14.5. The lowest BCUT2D eigenvalue weighted by Crippen LogP contribution is -2.49. The molecule has 0 bridgehead atoms. The van der Waals surface area contributed by atoms with E-state index in [-0.39, 0.29) is 19.0 Å². The maximum Gasteiger partial charge on any atom is 0.326 e. The Morgan fingerprint density at radius 3 is 2.48 bits per heavy atom. The third kappa shape index (κ3) is 3.44. The molecule has 0 saturated carbocycles. The topological polar surface area (TPSA) is 88.3 Å². The summed E-state index contributed by atoms with van der Waals surface area (Å²) in [6.45, 7) is 0.234. The van der Waals surface area contributed by atoms with Crippen molar-refractivity contribution in [2.75, 3.05) is 0 Å². The fourth-order valence-electron chi connectivity index (χ4n) is 3.35. The molecule has 1 amide bonds. The van der Waals surface area contributed by atoms with E-state index in [0.717, 1.165) is 16.7 Å². The molecule has 27 heavy (non-hydrogen) atoms. The average molecular weight is 362 g/mol. The number of nitrogens with zero attached hydrogens (tertiary/aromatic N) is 4. The number of aliphatic carboxylic acids is 1. The Labute approximate surface area is 155 Å². The van der Waals surface area contributed by atoms with Gasteiger partial charge in [0.25, 0.3) is 0 Å². The van der Waals surface area contributed by atoms with Gasteiger partial charge in [0.15, 0.2) is 0 Å². The number of amides is 1. The number of benzene rings is 2. The molecular weight excluding hydrogens is 344 g/mol. The van der Waals surface area contributed by atoms with Gasteiger partial charge in [-0.2, -0.15) is 0 Å². The SMILES string of the molecule is O=C(O)[C@H]1Cc2ccccc2CN1C(=O)Cn1cc(-c2ccccc2)nn1. The monoisotopic (exact) mass is 362 g/mol. The molecule has 0 unspecified atom stereocenters. The molecule has 1 aliphatic rings. The Balaban J connectivity index is 1.54. The molecule has 1 N–H and O–H groups in total. The molecule has 0 radical (unpaired) electrons. The number of carbonyl (C=O) groups is 2. The van der Waals surface area contributed by atoms with Crippen LogP contribution in [0.5, 0.6) is 0 Å². The van der Waals surface area contributed by atoms with Crippen LogP contribution in [-0.2, 0) is 29.1 Å². The second kappa shape index (κ2) is 7.03. The van der Waals surface area contributed by atoms with E-state index in [0.29, 0.717) is 12.1 Å². The van der Waals surface area contributed by atoms with Gasteiger partial charge in [0, 0.05) is 18.5 Å². The molecule has 3 aromatic rings. The van der Waals surface area contributed by atoms with Gasteiger partial charge in [-0.1, -0.05) is 59.8 Å². The van der Waals surface area contributed by atoms with Crippen LogP contribution in [0.15, 0.2) is 60.8 Å². The summed E-state index contributed by atoms with van der Waals surface area (Å²) in [4.78, 5) is 25.9. The van der Waals surface area contributed by atoms with Crippen LogP contribution in [0.3, 0.4) is 0 Å². The first-order valence-electron chi connectivity index (χ1n) is 8.66. The van der Waals surface area contributed by atoms with Gasteiger partial charge >= 0.3 is 5.97 Å². The predicted octanol–water partition coefficient (Wildman–Crippen LogP) is 1.98. The summed E-state index contributed by atoms with van der Waals surface area (Å²) in [5, 5.41) is 17.7. The molecule has 136 valence electrons. The van der Waals surface area contributed by atoms with E-state index in [2.05, 4.69) is 10.3 Å². The lowest BCUT2D eigenvalue weighted by molar-refractivity contribution is -0.151. The van der Waals surface area contributed by atoms with Crippen molar-refractivity contribution in [3.8, 4) is 11.3 Å². The molecule has 0 fully saturated rings. The zero-order valence-electron chi connectivity index (χ0n) is 14.5. The molecule has 4 rings (SSSR count). The first-order chi connectivity index (χ1) is 13.1. The molecule has 1 aliphatic heterocycles. The van der Waals surface area contributed by atoms with Crippen LogP contribution in [-0.4, -0.2) is 42.9 Å². The first-order valence-corrected chi connectivity index (χ1v) is 8.66. The molecule has 1 atom stereocenters. The summed E-state index contributed by atoms with van der Waals surface area (Å²) in [5.41, 5.74) is 3.53. The molecular formula is C20H18N4O3. The molecule has 7 heteroatoms. The van der Waals surface area contributed by atoms with E-state index in [1.165, 1.54) is 9.58 Å². The highest BCUT2D eigenvalue weighted by atomic mass is 16.4. The minimum atomic E-state index is -0.999. The third-order valence-corrected chi connectivity index (χ3v) is 4.76. The Hall–Kier alpha value is -3.48. The van der Waals surface area contributed by atoms with Crippen molar-refractivity contribution in [2.45, 2.75) is 25.6 Å². The van der Waals surface area contributed by atoms with Gasteiger partial charge in [-0.3, -0.25) is 4.79 Å². The van der Waals surface area contributed by atoms with Gasteiger partial charge in [0.2, 0.25) is 5.91 Å². The van der Waals surface area contributed by atoms with Crippen LogP contribution < -0.4 is 0 Å². The van der Waals surface area contributed by atoms with Crippen molar-refractivity contribution in [3.63, 3.8) is 0 Å². The summed E-state index contributed by atoms with van der Waals surface area (Å²) in [5.74, 6) is -1.29. The average Bonchev–Trinajstić information content (AvgIpc) is 3.16. The van der Waals surface area contributed by atoms with Gasteiger partial charge in [0.05, 0.1) is 6.20 Å². The summed E-state index contributed by atoms with van der Waals surface area (Å²) in [7, 11) is 0. The second-order valence-corrected chi connectivity index (χ2v) is 6.52. The van der Waals surface area contributed by atoms with Crippen molar-refractivity contribution in [1.29, 1.82) is 0 Å². The normalized spacial score (nSPS) is 16.0. The molecule has 0 saturated heterocycles. The number of hydrogen-bond acceptors (Lipinski definition) is 4. The van der Waals surface area contributed by atoms with Gasteiger partial charge in [-0.05, 0) is 11.1 Å². The Morgan fingerprint density at radius 1 is 1.04 bits per heavy atom. The fourth-order valence-corrected chi connectivity index (χ4v) is 3.35. The van der Waals surface area contributed by atoms with Gasteiger partial charge in [0.1, 0.15) is 18.3 Å². The number of fused-ring (bicyclic) bond motifs is 1. The van der Waals surface area contributed by atoms with Crippen LogP contribution >= 0.6 is 0 Å². The van der Waals surface area contributed by atoms with Gasteiger partial charge in [-0.15, -0.1) is 5.10 Å². The zero-order chi connectivity index (χ0) is 18.8. The number of hydrogen-bond donors (Lipinski definition) is 1. The van der Waals surface area contributed by atoms with Gasteiger partial charge in [-0.25, -0.2) is 9.48 Å². The van der Waals surface area contributed by atoms with Crippen molar-refractivity contribution in [3.05, 3.63) is 71.9 Å². The van der Waals surface area contributed by atoms with Crippen molar-refractivity contribution in [1.82, 2.24) is 19.9 Å². The van der Waals surface area contributed by atoms with E-state index < -0.39 is 12.0 Å². The molecule has 2 heterocycles. The van der Waals surface area contributed by atoms with Gasteiger partial charge < -0.3 is 10.0 Å². The molecule has 0 aliphatic carbocycles. The van der Waals surface area contributed by atoms with E-state index in [1.807, 2.05) is 54.6 Å². The van der Waals surface area contributed by atoms with Crippen molar-refractivity contribution >= 4 is 11.9 Å². The number of carboxylic acids is 1. The molecule has 0 spiro atoms. The fraction of sp³-hybridized carbons (Fsp3) is 0.200. The van der Waals surface area contributed by atoms with E-state index in [4.69, 9.17) is 0 Å². The number of carboxylic acid groups (broad SMARTS) is 1. The standard InChI is InChI=1S/C20H18N4O3/c25-19(13-23-12-17(21-22-23)14-6-2-1-3-7-14)24-11-16-9-5-4-8-15(16)10-18(24)20(26)27/h1-9,12,18H,10-11,13H2,(H,26,27)/t18-/m1/s1. The van der Waals surface area contributed by atoms with Crippen LogP contribution in [0.4, 0.5) is 0 Å². The number of rotatable bonds is 4. The Bertz CT molecular complexity index is 984. The molecule has 1 aromatic heterocycles. The second-order valence-electron chi connectivity index (χ2n) is 6.52. The summed E-state index contributed by atoms with van der Waals surface area (Å²) in [6, 6.07) is 16.3. The predicted molar refractivity (Wildman–Crippen MR) is 97.6 cm³/mol. The van der Waals surface area contributed by atoms with E-state index in [9.17, 15) is 14.7 Å². The van der Waals surface area contributed by atoms with E-state index in [1.54, 1.807) is 6.20 Å². The van der Waals surface area contributed by atoms with Crippen LogP contribution in [0.2, 0.25) is 0 Å². The highest BCUT2D eigenvalue weighted by Gasteiger charge is 2.34. The maximum atomic E-state index is 12.8. The largest absolute Gasteiger partial charge is 0.480 e. The highest BCUT2D eigenvalue weighted by molar-refractivity contribution is 5.84. The van der Waals surface area contributed by atoms with Crippen LogP contribution in [0.25, 0.3) is 11.3 Å². The Kier molecular flexibility index (Phi) is 4.42. The first kappa shape index (κ1) is 17.0. The van der Waals surface area contributed by atoms with Crippen molar-refractivity contribution in [2.24, 2.45) is 0 Å². The lowest BCUT2D eigenvalue weighted by Gasteiger charge is -2.34. The Morgan fingerprint density at radius 2 is 1.74 bits per heavy atom. The number of carbonyl (C=O) groups excluding carboxylic acids is 1. The number of aromatic nitrogens is 3.